The van der Waals surface area contributed by atoms with Gasteiger partial charge in [0.15, 0.2) is 0 Å². The van der Waals surface area contributed by atoms with Crippen LogP contribution in [0.1, 0.15) is 23.1 Å². The molecule has 3 nitrogen and oxygen atoms in total. The summed E-state index contributed by atoms with van der Waals surface area (Å²) in [5.74, 6) is -0.669. The Morgan fingerprint density at radius 1 is 1.16 bits per heavy atom. The molecule has 0 unspecified atom stereocenters. The van der Waals surface area contributed by atoms with Crippen molar-refractivity contribution in [3.05, 3.63) is 83.5 Å². The Kier molecular flexibility index (Phi) is 5.96. The van der Waals surface area contributed by atoms with Gasteiger partial charge in [-0.15, -0.1) is 0 Å². The first-order valence-electron chi connectivity index (χ1n) is 8.32. The van der Waals surface area contributed by atoms with Gasteiger partial charge in [0.1, 0.15) is 12.4 Å². The van der Waals surface area contributed by atoms with Gasteiger partial charge in [0.05, 0.1) is 19.6 Å². The molecule has 1 aliphatic heterocycles. The van der Waals surface area contributed by atoms with Crippen molar-refractivity contribution in [1.82, 2.24) is 0 Å². The Labute approximate surface area is 147 Å². The van der Waals surface area contributed by atoms with Gasteiger partial charge in [-0.1, -0.05) is 48.5 Å². The summed E-state index contributed by atoms with van der Waals surface area (Å²) in [6, 6.07) is 14.6. The SMILES string of the molecule is O=C([CH]Cc1ccc(C2=CCOCC2)c(F)c1)OCc1ccccc1. The number of halogens is 1. The predicted octanol–water partition coefficient (Wildman–Crippen LogP) is 4.12. The Hall–Kier alpha value is -2.46. The van der Waals surface area contributed by atoms with Crippen molar-refractivity contribution < 1.29 is 18.7 Å². The molecule has 2 aromatic carbocycles. The summed E-state index contributed by atoms with van der Waals surface area (Å²) < 4.78 is 24.8. The quantitative estimate of drug-likeness (QED) is 0.743. The van der Waals surface area contributed by atoms with Crippen LogP contribution in [0, 0.1) is 12.2 Å². The van der Waals surface area contributed by atoms with Gasteiger partial charge in [-0.2, -0.15) is 0 Å². The second-order valence-corrected chi connectivity index (χ2v) is 5.87. The minimum absolute atomic E-state index is 0.236. The minimum Gasteiger partial charge on any atom is -0.461 e. The van der Waals surface area contributed by atoms with Gasteiger partial charge in [-0.3, -0.25) is 4.79 Å². The zero-order valence-electron chi connectivity index (χ0n) is 13.9. The second kappa shape index (κ2) is 8.58. The van der Waals surface area contributed by atoms with Crippen molar-refractivity contribution in [3.8, 4) is 0 Å². The number of benzene rings is 2. The molecule has 2 aromatic rings. The molecule has 1 heterocycles. The monoisotopic (exact) mass is 339 g/mol. The zero-order valence-corrected chi connectivity index (χ0v) is 13.9. The van der Waals surface area contributed by atoms with Gasteiger partial charge in [0.25, 0.3) is 0 Å². The highest BCUT2D eigenvalue weighted by molar-refractivity contribution is 5.79. The second-order valence-electron chi connectivity index (χ2n) is 5.87. The van der Waals surface area contributed by atoms with Crippen LogP contribution in [-0.4, -0.2) is 19.2 Å². The number of esters is 1. The lowest BCUT2D eigenvalue weighted by atomic mass is 9.98. The topological polar surface area (TPSA) is 35.5 Å². The molecule has 0 aliphatic carbocycles. The molecule has 1 aliphatic rings. The zero-order chi connectivity index (χ0) is 17.5. The van der Waals surface area contributed by atoms with Crippen LogP contribution in [0.4, 0.5) is 4.39 Å². The number of rotatable bonds is 6. The largest absolute Gasteiger partial charge is 0.461 e. The molecule has 25 heavy (non-hydrogen) atoms. The van der Waals surface area contributed by atoms with Crippen LogP contribution in [0.5, 0.6) is 0 Å². The molecule has 3 rings (SSSR count). The van der Waals surface area contributed by atoms with Crippen molar-refractivity contribution in [3.63, 3.8) is 0 Å². The summed E-state index contributed by atoms with van der Waals surface area (Å²) in [6.07, 6.45) is 4.40. The van der Waals surface area contributed by atoms with Gasteiger partial charge in [0.2, 0.25) is 0 Å². The molecule has 0 N–H and O–H groups in total. The number of hydrogen-bond donors (Lipinski definition) is 0. The molecular weight excluding hydrogens is 319 g/mol. The number of hydrogen-bond acceptors (Lipinski definition) is 3. The Morgan fingerprint density at radius 2 is 2.00 bits per heavy atom. The van der Waals surface area contributed by atoms with E-state index < -0.39 is 5.97 Å². The van der Waals surface area contributed by atoms with Crippen LogP contribution < -0.4 is 0 Å². The van der Waals surface area contributed by atoms with Gasteiger partial charge in [0, 0.05) is 5.56 Å². The maximum Gasteiger partial charge on any atom is 0.310 e. The molecule has 0 saturated heterocycles. The molecule has 129 valence electrons. The summed E-state index contributed by atoms with van der Waals surface area (Å²) in [4.78, 5) is 11.8. The van der Waals surface area contributed by atoms with Gasteiger partial charge in [-0.05, 0) is 35.6 Å². The summed E-state index contributed by atoms with van der Waals surface area (Å²) in [6.45, 7) is 1.38. The molecule has 0 bridgehead atoms. The van der Waals surface area contributed by atoms with Gasteiger partial charge >= 0.3 is 5.97 Å². The Morgan fingerprint density at radius 3 is 2.72 bits per heavy atom. The van der Waals surface area contributed by atoms with E-state index in [0.29, 0.717) is 31.6 Å². The minimum atomic E-state index is -0.402. The number of ether oxygens (including phenoxy) is 2. The maximum atomic E-state index is 14.3. The summed E-state index contributed by atoms with van der Waals surface area (Å²) in [5, 5.41) is 0. The van der Waals surface area contributed by atoms with Gasteiger partial charge < -0.3 is 9.47 Å². The summed E-state index contributed by atoms with van der Waals surface area (Å²) in [7, 11) is 0. The molecule has 4 heteroatoms. The van der Waals surface area contributed by atoms with Crippen molar-refractivity contribution >= 4 is 11.5 Å². The molecule has 0 aromatic heterocycles. The summed E-state index contributed by atoms with van der Waals surface area (Å²) >= 11 is 0. The normalized spacial score (nSPS) is 14.0. The smallest absolute Gasteiger partial charge is 0.310 e. The average Bonchev–Trinajstić information content (AvgIpc) is 2.66. The van der Waals surface area contributed by atoms with Crippen LogP contribution in [-0.2, 0) is 27.3 Å². The standard InChI is InChI=1S/C21H20FO3/c22-20-14-16(6-8-19(20)18-10-12-24-13-11-18)7-9-21(23)25-15-17-4-2-1-3-5-17/h1-6,8-10,14H,7,11-13,15H2. The number of carbonyl (C=O) groups is 1. The van der Waals surface area contributed by atoms with E-state index in [-0.39, 0.29) is 12.4 Å². The highest BCUT2D eigenvalue weighted by Gasteiger charge is 2.12. The van der Waals surface area contributed by atoms with E-state index in [2.05, 4.69) is 0 Å². The van der Waals surface area contributed by atoms with E-state index in [1.165, 1.54) is 12.5 Å². The highest BCUT2D eigenvalue weighted by atomic mass is 19.1. The molecule has 0 atom stereocenters. The lowest BCUT2D eigenvalue weighted by Gasteiger charge is -2.15. The maximum absolute atomic E-state index is 14.3. The predicted molar refractivity (Wildman–Crippen MR) is 94.1 cm³/mol. The first-order chi connectivity index (χ1) is 12.2. The fourth-order valence-corrected chi connectivity index (χ4v) is 2.71. The van der Waals surface area contributed by atoms with Crippen molar-refractivity contribution in [2.75, 3.05) is 13.2 Å². The first-order valence-corrected chi connectivity index (χ1v) is 8.32. The molecule has 0 amide bonds. The molecular formula is C21H20FO3. The van der Waals surface area contributed by atoms with Crippen molar-refractivity contribution in [1.29, 1.82) is 0 Å². The van der Waals surface area contributed by atoms with Crippen molar-refractivity contribution in [2.24, 2.45) is 0 Å². The van der Waals surface area contributed by atoms with Crippen LogP contribution in [0.25, 0.3) is 5.57 Å². The molecule has 0 saturated carbocycles. The third-order valence-corrected chi connectivity index (χ3v) is 4.07. The van der Waals surface area contributed by atoms with E-state index in [0.717, 1.165) is 16.7 Å². The van der Waals surface area contributed by atoms with E-state index in [1.54, 1.807) is 6.07 Å². The van der Waals surface area contributed by atoms with E-state index in [1.807, 2.05) is 42.5 Å². The molecule has 0 fully saturated rings. The Balaban J connectivity index is 1.52. The van der Waals surface area contributed by atoms with Crippen LogP contribution in [0.15, 0.2) is 54.6 Å². The lowest BCUT2D eigenvalue weighted by molar-refractivity contribution is -0.140. The van der Waals surface area contributed by atoms with Crippen LogP contribution in [0.3, 0.4) is 0 Å². The fourth-order valence-electron chi connectivity index (χ4n) is 2.71. The Bertz CT molecular complexity index is 753. The summed E-state index contributed by atoms with van der Waals surface area (Å²) in [5.41, 5.74) is 3.26. The van der Waals surface area contributed by atoms with Gasteiger partial charge in [-0.25, -0.2) is 4.39 Å². The highest BCUT2D eigenvalue weighted by Crippen LogP contribution is 2.24. The van der Waals surface area contributed by atoms with E-state index in [9.17, 15) is 9.18 Å². The van der Waals surface area contributed by atoms with Crippen molar-refractivity contribution in [2.45, 2.75) is 19.4 Å². The first kappa shape index (κ1) is 17.4. The molecule has 0 spiro atoms. The lowest BCUT2D eigenvalue weighted by Crippen LogP contribution is -2.07. The van der Waals surface area contributed by atoms with Crippen LogP contribution >= 0.6 is 0 Å². The average molecular weight is 339 g/mol. The van der Waals surface area contributed by atoms with Crippen LogP contribution in [0.2, 0.25) is 0 Å². The third-order valence-electron chi connectivity index (χ3n) is 4.07. The van der Waals surface area contributed by atoms with E-state index >= 15 is 0 Å². The molecule has 1 radical (unpaired) electrons. The fraction of sp³-hybridized carbons (Fsp3) is 0.238. The van der Waals surface area contributed by atoms with E-state index in [4.69, 9.17) is 9.47 Å². The number of carbonyl (C=O) groups excluding carboxylic acids is 1. The third kappa shape index (κ3) is 5.00.